The van der Waals surface area contributed by atoms with Crippen LogP contribution < -0.4 is 5.73 Å². The number of benzene rings is 1. The van der Waals surface area contributed by atoms with E-state index in [4.69, 9.17) is 5.73 Å². The van der Waals surface area contributed by atoms with Gasteiger partial charge in [0.1, 0.15) is 6.33 Å². The van der Waals surface area contributed by atoms with E-state index in [-0.39, 0.29) is 0 Å². The van der Waals surface area contributed by atoms with E-state index in [1.54, 1.807) is 24.3 Å². The second-order valence-electron chi connectivity index (χ2n) is 3.14. The fourth-order valence-electron chi connectivity index (χ4n) is 1.24. The molecule has 0 aliphatic carbocycles. The van der Waals surface area contributed by atoms with Gasteiger partial charge in [-0.05, 0) is 23.8 Å². The fourth-order valence-corrected chi connectivity index (χ4v) is 2.84. The Hall–Kier alpha value is -1.07. The molecular formula is C11H10BrN3S. The Bertz CT molecular complexity index is 456. The van der Waals surface area contributed by atoms with Crippen molar-refractivity contribution in [1.29, 1.82) is 0 Å². The normalized spacial score (nSPS) is 10.3. The van der Waals surface area contributed by atoms with Gasteiger partial charge in [0, 0.05) is 22.1 Å². The quantitative estimate of drug-likeness (QED) is 0.537. The van der Waals surface area contributed by atoms with Crippen molar-refractivity contribution < 1.29 is 0 Å². The van der Waals surface area contributed by atoms with E-state index in [1.807, 2.05) is 24.3 Å². The number of anilines is 1. The third-order valence-corrected chi connectivity index (χ3v) is 3.79. The number of hydrogen-bond donors (Lipinski definition) is 1. The monoisotopic (exact) mass is 295 g/mol. The number of nitrogens with zero attached hydrogens (tertiary/aromatic N) is 2. The molecule has 0 aliphatic rings. The molecule has 0 fully saturated rings. The fraction of sp³-hybridized carbons (Fsp3) is 0.0909. The summed E-state index contributed by atoms with van der Waals surface area (Å²) >= 11 is 5.14. The van der Waals surface area contributed by atoms with Gasteiger partial charge in [0.15, 0.2) is 0 Å². The van der Waals surface area contributed by atoms with Crippen LogP contribution in [0.25, 0.3) is 0 Å². The highest BCUT2D eigenvalue weighted by Crippen LogP contribution is 2.29. The van der Waals surface area contributed by atoms with E-state index >= 15 is 0 Å². The number of thioether (sulfide) groups is 1. The van der Waals surface area contributed by atoms with Gasteiger partial charge in [-0.3, -0.25) is 0 Å². The van der Waals surface area contributed by atoms with Crippen LogP contribution in [0, 0.1) is 0 Å². The van der Waals surface area contributed by atoms with Crippen LogP contribution in [-0.2, 0) is 5.75 Å². The Morgan fingerprint density at radius 1 is 1.31 bits per heavy atom. The van der Waals surface area contributed by atoms with Crippen molar-refractivity contribution in [3.8, 4) is 0 Å². The molecule has 82 valence electrons. The van der Waals surface area contributed by atoms with Crippen molar-refractivity contribution in [2.45, 2.75) is 10.8 Å². The molecule has 0 radical (unpaired) electrons. The molecule has 5 heteroatoms. The zero-order valence-corrected chi connectivity index (χ0v) is 10.8. The van der Waals surface area contributed by atoms with Crippen molar-refractivity contribution in [3.05, 3.63) is 46.8 Å². The lowest BCUT2D eigenvalue weighted by atomic mass is 10.2. The van der Waals surface area contributed by atoms with E-state index in [2.05, 4.69) is 25.9 Å². The summed E-state index contributed by atoms with van der Waals surface area (Å²) in [5.74, 6) is 0.796. The van der Waals surface area contributed by atoms with E-state index < -0.39 is 0 Å². The summed E-state index contributed by atoms with van der Waals surface area (Å²) in [6.45, 7) is 0. The number of rotatable bonds is 3. The molecule has 1 aromatic heterocycles. The van der Waals surface area contributed by atoms with Crippen LogP contribution in [0.5, 0.6) is 0 Å². The number of aromatic nitrogens is 2. The zero-order valence-electron chi connectivity index (χ0n) is 8.43. The highest BCUT2D eigenvalue weighted by molar-refractivity contribution is 9.10. The molecule has 2 N–H and O–H groups in total. The maximum atomic E-state index is 5.91. The number of nitrogen functional groups attached to an aromatic ring is 1. The van der Waals surface area contributed by atoms with E-state index in [0.29, 0.717) is 0 Å². The first-order valence-corrected chi connectivity index (χ1v) is 6.47. The Labute approximate surface area is 107 Å². The van der Waals surface area contributed by atoms with Crippen LogP contribution >= 0.6 is 27.7 Å². The Balaban J connectivity index is 2.11. The van der Waals surface area contributed by atoms with Crippen molar-refractivity contribution in [2.75, 3.05) is 5.73 Å². The smallest absolute Gasteiger partial charge is 0.116 e. The number of hydrogen-bond acceptors (Lipinski definition) is 4. The largest absolute Gasteiger partial charge is 0.398 e. The topological polar surface area (TPSA) is 51.8 Å². The molecule has 0 saturated carbocycles. The molecule has 0 amide bonds. The Morgan fingerprint density at radius 2 is 2.19 bits per heavy atom. The minimum absolute atomic E-state index is 0.796. The van der Waals surface area contributed by atoms with Crippen LogP contribution in [0.15, 0.2) is 46.3 Å². The average molecular weight is 296 g/mol. The van der Waals surface area contributed by atoms with Gasteiger partial charge in [0.25, 0.3) is 0 Å². The molecule has 2 rings (SSSR count). The predicted octanol–water partition coefficient (Wildman–Crippen LogP) is 3.11. The van der Waals surface area contributed by atoms with Crippen molar-refractivity contribution in [1.82, 2.24) is 9.97 Å². The third-order valence-electron chi connectivity index (χ3n) is 2.07. The molecule has 2 aromatic rings. The number of halogens is 1. The molecule has 1 aromatic carbocycles. The summed E-state index contributed by atoms with van der Waals surface area (Å²) in [6.07, 6.45) is 3.28. The van der Waals surface area contributed by atoms with Gasteiger partial charge in [-0.1, -0.05) is 22.0 Å². The Kier molecular flexibility index (Phi) is 3.79. The van der Waals surface area contributed by atoms with Crippen molar-refractivity contribution in [3.63, 3.8) is 0 Å². The molecule has 0 atom stereocenters. The lowest BCUT2D eigenvalue weighted by Gasteiger charge is -2.07. The molecule has 0 unspecified atom stereocenters. The summed E-state index contributed by atoms with van der Waals surface area (Å²) in [4.78, 5) is 8.03. The number of nitrogens with two attached hydrogens (primary N) is 1. The molecule has 3 nitrogen and oxygen atoms in total. The SMILES string of the molecule is Nc1cccc(Br)c1CSc1ccncn1. The van der Waals surface area contributed by atoms with Gasteiger partial charge >= 0.3 is 0 Å². The molecule has 16 heavy (non-hydrogen) atoms. The summed E-state index contributed by atoms with van der Waals surface area (Å²) < 4.78 is 1.04. The van der Waals surface area contributed by atoms with Gasteiger partial charge in [-0.15, -0.1) is 11.8 Å². The highest BCUT2D eigenvalue weighted by atomic mass is 79.9. The first-order chi connectivity index (χ1) is 7.77. The molecule has 0 bridgehead atoms. The minimum Gasteiger partial charge on any atom is -0.398 e. The summed E-state index contributed by atoms with van der Waals surface area (Å²) in [5.41, 5.74) is 7.81. The first kappa shape index (κ1) is 11.4. The van der Waals surface area contributed by atoms with Gasteiger partial charge in [-0.2, -0.15) is 0 Å². The lowest BCUT2D eigenvalue weighted by Crippen LogP contribution is -1.93. The van der Waals surface area contributed by atoms with Gasteiger partial charge in [0.2, 0.25) is 0 Å². The van der Waals surface area contributed by atoms with Crippen LogP contribution in [0.2, 0.25) is 0 Å². The molecule has 1 heterocycles. The third kappa shape index (κ3) is 2.74. The molecule has 0 saturated heterocycles. The lowest BCUT2D eigenvalue weighted by molar-refractivity contribution is 1.05. The van der Waals surface area contributed by atoms with E-state index in [0.717, 1.165) is 26.5 Å². The molecule has 0 spiro atoms. The second-order valence-corrected chi connectivity index (χ2v) is 4.99. The van der Waals surface area contributed by atoms with Gasteiger partial charge < -0.3 is 5.73 Å². The van der Waals surface area contributed by atoms with E-state index in [9.17, 15) is 0 Å². The van der Waals surface area contributed by atoms with E-state index in [1.165, 1.54) is 0 Å². The van der Waals surface area contributed by atoms with Crippen LogP contribution in [0.4, 0.5) is 5.69 Å². The summed E-state index contributed by atoms with van der Waals surface area (Å²) in [5, 5.41) is 0.949. The van der Waals surface area contributed by atoms with Gasteiger partial charge in [0.05, 0.1) is 5.03 Å². The standard InChI is InChI=1S/C11H10BrN3S/c12-9-2-1-3-10(13)8(9)6-16-11-4-5-14-7-15-11/h1-5,7H,6,13H2. The Morgan fingerprint density at radius 3 is 2.88 bits per heavy atom. The maximum Gasteiger partial charge on any atom is 0.116 e. The second kappa shape index (κ2) is 5.32. The first-order valence-electron chi connectivity index (χ1n) is 4.69. The van der Waals surface area contributed by atoms with Crippen molar-refractivity contribution in [2.24, 2.45) is 0 Å². The van der Waals surface area contributed by atoms with Gasteiger partial charge in [-0.25, -0.2) is 9.97 Å². The van der Waals surface area contributed by atoms with Crippen LogP contribution in [0.3, 0.4) is 0 Å². The predicted molar refractivity (Wildman–Crippen MR) is 70.1 cm³/mol. The minimum atomic E-state index is 0.796. The van der Waals surface area contributed by atoms with Crippen molar-refractivity contribution >= 4 is 33.4 Å². The molecule has 0 aliphatic heterocycles. The zero-order chi connectivity index (χ0) is 11.4. The summed E-state index contributed by atoms with van der Waals surface area (Å²) in [7, 11) is 0. The van der Waals surface area contributed by atoms with Crippen LogP contribution in [-0.4, -0.2) is 9.97 Å². The van der Waals surface area contributed by atoms with Crippen LogP contribution in [0.1, 0.15) is 5.56 Å². The average Bonchev–Trinajstić information content (AvgIpc) is 2.30. The highest BCUT2D eigenvalue weighted by Gasteiger charge is 2.05. The molecular weight excluding hydrogens is 286 g/mol. The maximum absolute atomic E-state index is 5.91. The summed E-state index contributed by atoms with van der Waals surface area (Å²) in [6, 6.07) is 7.71.